The van der Waals surface area contributed by atoms with Gasteiger partial charge in [0.2, 0.25) is 5.82 Å². The molecular formula is C32H33N9O4. The Kier molecular flexibility index (Phi) is 7.92. The molecule has 0 aliphatic rings. The minimum Gasteiger partial charge on any atom is -0.453 e. The van der Waals surface area contributed by atoms with Crippen molar-refractivity contribution >= 4 is 51.2 Å². The first-order valence-corrected chi connectivity index (χ1v) is 14.4. The van der Waals surface area contributed by atoms with Gasteiger partial charge in [-0.2, -0.15) is 0 Å². The standard InChI is InChI=1S/C32H33N9O4/c1-39(2)13-7-12-33-31(43)24-16-21(17-40(24)3)34-32(44)29-37-27(18-41(29)4)38-30(42)20-10-11-22-23(14-20)36-28(35-22)26-15-19-8-5-6-9-25(19)45-26/h5-6,8-11,14-18H,7,12-13H2,1-4H3,(H,33,43)(H,34,44)(H,35,36)(H,38,42). The lowest BCUT2D eigenvalue weighted by molar-refractivity contribution is 0.0942. The van der Waals surface area contributed by atoms with Gasteiger partial charge >= 0.3 is 0 Å². The van der Waals surface area contributed by atoms with E-state index in [1.165, 1.54) is 4.57 Å². The van der Waals surface area contributed by atoms with E-state index in [1.54, 1.807) is 55.3 Å². The summed E-state index contributed by atoms with van der Waals surface area (Å²) in [6, 6.07) is 16.4. The summed E-state index contributed by atoms with van der Waals surface area (Å²) in [6.07, 6.45) is 4.04. The van der Waals surface area contributed by atoms with Crippen molar-refractivity contribution in [3.8, 4) is 11.6 Å². The Hall–Kier alpha value is -5.69. The number of aromatic nitrogens is 5. The number of furan rings is 1. The first-order valence-electron chi connectivity index (χ1n) is 14.4. The van der Waals surface area contributed by atoms with Crippen LogP contribution in [0.25, 0.3) is 33.6 Å². The number of nitrogens with one attached hydrogen (secondary N) is 4. The van der Waals surface area contributed by atoms with E-state index < -0.39 is 11.8 Å². The molecule has 4 aromatic heterocycles. The molecule has 0 saturated carbocycles. The molecule has 0 atom stereocenters. The number of carbonyl (C=O) groups is 3. The van der Waals surface area contributed by atoms with Crippen LogP contribution in [0.15, 0.2) is 71.4 Å². The number of H-pyrrole nitrogens is 1. The van der Waals surface area contributed by atoms with Crippen LogP contribution in [0.4, 0.5) is 11.5 Å². The molecule has 0 unspecified atom stereocenters. The van der Waals surface area contributed by atoms with E-state index in [0.717, 1.165) is 23.9 Å². The maximum atomic E-state index is 13.1. The molecule has 0 aliphatic heterocycles. The minimum absolute atomic E-state index is 0.0864. The van der Waals surface area contributed by atoms with Gasteiger partial charge in [0.1, 0.15) is 11.3 Å². The van der Waals surface area contributed by atoms with E-state index in [9.17, 15) is 14.4 Å². The van der Waals surface area contributed by atoms with Crippen LogP contribution < -0.4 is 16.0 Å². The molecule has 3 amide bonds. The number of nitrogens with zero attached hydrogens (tertiary/aromatic N) is 5. The van der Waals surface area contributed by atoms with E-state index in [1.807, 2.05) is 44.4 Å². The molecule has 230 valence electrons. The number of benzene rings is 2. The van der Waals surface area contributed by atoms with E-state index in [2.05, 4.69) is 35.8 Å². The highest BCUT2D eigenvalue weighted by molar-refractivity contribution is 6.07. The Labute approximate surface area is 258 Å². The third-order valence-electron chi connectivity index (χ3n) is 7.29. The molecule has 4 heterocycles. The summed E-state index contributed by atoms with van der Waals surface area (Å²) in [6.45, 7) is 1.41. The second-order valence-corrected chi connectivity index (χ2v) is 11.1. The monoisotopic (exact) mass is 607 g/mol. The predicted molar refractivity (Wildman–Crippen MR) is 171 cm³/mol. The fourth-order valence-electron chi connectivity index (χ4n) is 5.03. The lowest BCUT2D eigenvalue weighted by Crippen LogP contribution is -2.28. The number of aromatic amines is 1. The Morgan fingerprint density at radius 2 is 1.73 bits per heavy atom. The van der Waals surface area contributed by atoms with Crippen molar-refractivity contribution in [2.24, 2.45) is 14.1 Å². The molecule has 2 aromatic carbocycles. The van der Waals surface area contributed by atoms with Crippen LogP contribution in [0.2, 0.25) is 0 Å². The molecule has 4 N–H and O–H groups in total. The van der Waals surface area contributed by atoms with E-state index in [0.29, 0.717) is 46.1 Å². The number of hydrogen-bond donors (Lipinski definition) is 4. The molecule has 0 saturated heterocycles. The summed E-state index contributed by atoms with van der Waals surface area (Å²) in [5.41, 5.74) is 3.37. The summed E-state index contributed by atoms with van der Waals surface area (Å²) in [5.74, 6) is 0.352. The van der Waals surface area contributed by atoms with Gasteiger partial charge < -0.3 is 39.4 Å². The number of aryl methyl sites for hydroxylation is 2. The molecule has 6 aromatic rings. The van der Waals surface area contributed by atoms with Gasteiger partial charge in [0.15, 0.2) is 17.4 Å². The fraction of sp³-hybridized carbons (Fsp3) is 0.219. The van der Waals surface area contributed by atoms with Crippen molar-refractivity contribution in [1.29, 1.82) is 0 Å². The lowest BCUT2D eigenvalue weighted by atomic mass is 10.2. The van der Waals surface area contributed by atoms with Gasteiger partial charge in [-0.05, 0) is 63.5 Å². The zero-order valence-electron chi connectivity index (χ0n) is 25.3. The topological polar surface area (TPSA) is 155 Å². The van der Waals surface area contributed by atoms with Gasteiger partial charge in [0.25, 0.3) is 17.7 Å². The third kappa shape index (κ3) is 6.33. The van der Waals surface area contributed by atoms with Crippen molar-refractivity contribution in [3.63, 3.8) is 0 Å². The zero-order valence-corrected chi connectivity index (χ0v) is 25.3. The van der Waals surface area contributed by atoms with Crippen molar-refractivity contribution in [2.45, 2.75) is 6.42 Å². The van der Waals surface area contributed by atoms with Crippen LogP contribution in [0.1, 0.15) is 37.9 Å². The first kappa shape index (κ1) is 29.4. The maximum absolute atomic E-state index is 13.1. The Morgan fingerprint density at radius 1 is 0.911 bits per heavy atom. The van der Waals surface area contributed by atoms with Crippen LogP contribution in [0.3, 0.4) is 0 Å². The summed E-state index contributed by atoms with van der Waals surface area (Å²) >= 11 is 0. The molecule has 13 heteroatoms. The van der Waals surface area contributed by atoms with Gasteiger partial charge in [0.05, 0.1) is 16.7 Å². The average molecular weight is 608 g/mol. The third-order valence-corrected chi connectivity index (χ3v) is 7.29. The summed E-state index contributed by atoms with van der Waals surface area (Å²) < 4.78 is 9.08. The van der Waals surface area contributed by atoms with Gasteiger partial charge in [-0.1, -0.05) is 18.2 Å². The molecule has 0 radical (unpaired) electrons. The molecule has 45 heavy (non-hydrogen) atoms. The fourth-order valence-corrected chi connectivity index (χ4v) is 5.03. The zero-order chi connectivity index (χ0) is 31.7. The molecule has 0 bridgehead atoms. The molecular weight excluding hydrogens is 574 g/mol. The van der Waals surface area contributed by atoms with Crippen LogP contribution in [-0.2, 0) is 14.1 Å². The molecule has 13 nitrogen and oxygen atoms in total. The van der Waals surface area contributed by atoms with Crippen LogP contribution >= 0.6 is 0 Å². The number of carbonyl (C=O) groups excluding carboxylic acids is 3. The van der Waals surface area contributed by atoms with Crippen molar-refractivity contribution < 1.29 is 18.8 Å². The van der Waals surface area contributed by atoms with Crippen molar-refractivity contribution in [2.75, 3.05) is 37.8 Å². The number of fused-ring (bicyclic) bond motifs is 2. The quantitative estimate of drug-likeness (QED) is 0.170. The van der Waals surface area contributed by atoms with Crippen molar-refractivity contribution in [3.05, 3.63) is 84.1 Å². The number of rotatable bonds is 10. The normalized spacial score (nSPS) is 11.4. The van der Waals surface area contributed by atoms with Gasteiger partial charge in [-0.15, -0.1) is 0 Å². The number of imidazole rings is 2. The highest BCUT2D eigenvalue weighted by Crippen LogP contribution is 2.28. The highest BCUT2D eigenvalue weighted by atomic mass is 16.3. The molecule has 0 fully saturated rings. The lowest BCUT2D eigenvalue weighted by Gasteiger charge is -2.10. The summed E-state index contributed by atoms with van der Waals surface area (Å²) in [7, 11) is 7.35. The minimum atomic E-state index is -0.487. The predicted octanol–water partition coefficient (Wildman–Crippen LogP) is 4.23. The number of amides is 3. The largest absolute Gasteiger partial charge is 0.453 e. The second kappa shape index (κ2) is 12.1. The van der Waals surface area contributed by atoms with Crippen LogP contribution in [-0.4, -0.2) is 73.9 Å². The molecule has 6 rings (SSSR count). The Bertz CT molecular complexity index is 2010. The highest BCUT2D eigenvalue weighted by Gasteiger charge is 2.19. The maximum Gasteiger partial charge on any atom is 0.291 e. The van der Waals surface area contributed by atoms with Gasteiger partial charge in [-0.3, -0.25) is 14.4 Å². The van der Waals surface area contributed by atoms with Gasteiger partial charge in [0, 0.05) is 44.0 Å². The summed E-state index contributed by atoms with van der Waals surface area (Å²) in [4.78, 5) is 53.0. The van der Waals surface area contributed by atoms with E-state index in [4.69, 9.17) is 4.42 Å². The van der Waals surface area contributed by atoms with Gasteiger partial charge in [-0.25, -0.2) is 9.97 Å². The van der Waals surface area contributed by atoms with Crippen LogP contribution in [0, 0.1) is 0 Å². The first-order chi connectivity index (χ1) is 21.6. The van der Waals surface area contributed by atoms with E-state index in [-0.39, 0.29) is 17.5 Å². The number of hydrogen-bond acceptors (Lipinski definition) is 7. The SMILES string of the molecule is CN(C)CCCNC(=O)c1cc(NC(=O)c2nc(NC(=O)c3ccc4nc(-c5cc6ccccc6o5)[nH]c4c3)cn2C)cn1C. The van der Waals surface area contributed by atoms with Crippen LogP contribution in [0.5, 0.6) is 0 Å². The Balaban J connectivity index is 1.10. The number of para-hydroxylation sites is 1. The molecule has 0 aliphatic carbocycles. The average Bonchev–Trinajstić information content (AvgIpc) is 3.79. The van der Waals surface area contributed by atoms with Crippen molar-refractivity contribution in [1.82, 2.24) is 34.3 Å². The summed E-state index contributed by atoms with van der Waals surface area (Å²) in [5, 5.41) is 9.40. The number of anilines is 2. The second-order valence-electron chi connectivity index (χ2n) is 11.1. The molecule has 0 spiro atoms. The van der Waals surface area contributed by atoms with E-state index >= 15 is 0 Å². The smallest absolute Gasteiger partial charge is 0.291 e. The Morgan fingerprint density at radius 3 is 2.53 bits per heavy atom.